The maximum absolute atomic E-state index is 14.0. The molecule has 6 aromatic rings. The van der Waals surface area contributed by atoms with Crippen LogP contribution in [0.25, 0.3) is 11.1 Å². The molecule has 9 rings (SSSR count). The molecule has 0 spiro atoms. The molecule has 0 radical (unpaired) electrons. The van der Waals surface area contributed by atoms with Gasteiger partial charge in [-0.2, -0.15) is 0 Å². The van der Waals surface area contributed by atoms with Crippen molar-refractivity contribution >= 4 is 0 Å². The van der Waals surface area contributed by atoms with Crippen LogP contribution in [0.15, 0.2) is 121 Å². The van der Waals surface area contributed by atoms with Crippen LogP contribution in [0.1, 0.15) is 44.5 Å². The number of ether oxygens (including phenoxy) is 2. The van der Waals surface area contributed by atoms with Crippen molar-refractivity contribution in [3.05, 3.63) is 189 Å². The summed E-state index contributed by atoms with van der Waals surface area (Å²) in [6, 6.07) is 36.9. The van der Waals surface area contributed by atoms with Gasteiger partial charge in [-0.05, 0) is 93.0 Å². The van der Waals surface area contributed by atoms with E-state index >= 15 is 0 Å². The van der Waals surface area contributed by atoms with Crippen molar-refractivity contribution in [1.82, 2.24) is 9.80 Å². The standard InChI is InChI=1S/C43H32F4N2O2/c44-33-13-27(14-34(45)19-33)21-48-23-29-17-31(9-11-41(29)50-25-48)43(39-7-3-1-5-37(39)38-6-2-4-8-40(38)43)32-10-12-42-30(18-32)24-49(26-51-42)22-28-15-35(46)20-36(47)16-28/h1-20H,21-26H2. The number of rotatable bonds is 6. The van der Waals surface area contributed by atoms with Crippen LogP contribution in [0, 0.1) is 23.3 Å². The van der Waals surface area contributed by atoms with E-state index in [1.165, 1.54) is 24.3 Å². The van der Waals surface area contributed by atoms with E-state index < -0.39 is 28.7 Å². The SMILES string of the molecule is Fc1cc(F)cc(CN2COc3ccc(C4(c5ccc6c(c5)CN(Cc5cc(F)cc(F)c5)CO6)c5ccccc5-c5ccccc54)cc3C2)c1. The highest BCUT2D eigenvalue weighted by atomic mass is 19.1. The third kappa shape index (κ3) is 5.55. The summed E-state index contributed by atoms with van der Waals surface area (Å²) >= 11 is 0. The highest BCUT2D eigenvalue weighted by Gasteiger charge is 2.46. The highest BCUT2D eigenvalue weighted by Crippen LogP contribution is 2.57. The van der Waals surface area contributed by atoms with Crippen LogP contribution in [0.5, 0.6) is 11.5 Å². The normalized spacial score (nSPS) is 16.0. The zero-order chi connectivity index (χ0) is 34.7. The zero-order valence-electron chi connectivity index (χ0n) is 27.5. The lowest BCUT2D eigenvalue weighted by Crippen LogP contribution is -2.34. The molecule has 0 amide bonds. The van der Waals surface area contributed by atoms with Crippen LogP contribution in [0.3, 0.4) is 0 Å². The first-order valence-electron chi connectivity index (χ1n) is 16.9. The topological polar surface area (TPSA) is 24.9 Å². The minimum absolute atomic E-state index is 0.297. The molecule has 254 valence electrons. The van der Waals surface area contributed by atoms with Gasteiger partial charge in [0.25, 0.3) is 0 Å². The molecule has 51 heavy (non-hydrogen) atoms. The highest BCUT2D eigenvalue weighted by molar-refractivity contribution is 5.86. The van der Waals surface area contributed by atoms with Gasteiger partial charge < -0.3 is 9.47 Å². The van der Waals surface area contributed by atoms with E-state index in [1.54, 1.807) is 0 Å². The third-order valence-electron chi connectivity index (χ3n) is 10.2. The molecule has 6 aromatic carbocycles. The Bertz CT molecular complexity index is 2120. The first-order valence-corrected chi connectivity index (χ1v) is 16.9. The fourth-order valence-corrected chi connectivity index (χ4v) is 8.20. The molecule has 0 N–H and O–H groups in total. The first kappa shape index (κ1) is 31.5. The molecule has 0 bridgehead atoms. The monoisotopic (exact) mass is 684 g/mol. The Morgan fingerprint density at radius 2 is 0.902 bits per heavy atom. The fraction of sp³-hybridized carbons (Fsp3) is 0.163. The van der Waals surface area contributed by atoms with Gasteiger partial charge in [0.15, 0.2) is 0 Å². The number of nitrogens with zero attached hydrogens (tertiary/aromatic N) is 2. The van der Waals surface area contributed by atoms with Crippen LogP contribution >= 0.6 is 0 Å². The van der Waals surface area contributed by atoms with Crippen molar-refractivity contribution in [2.45, 2.75) is 31.6 Å². The van der Waals surface area contributed by atoms with Crippen molar-refractivity contribution in [3.63, 3.8) is 0 Å². The lowest BCUT2D eigenvalue weighted by Gasteiger charge is -2.37. The molecule has 1 aliphatic carbocycles. The second-order valence-electron chi connectivity index (χ2n) is 13.6. The largest absolute Gasteiger partial charge is 0.478 e. The van der Waals surface area contributed by atoms with E-state index in [4.69, 9.17) is 9.47 Å². The third-order valence-corrected chi connectivity index (χ3v) is 10.2. The molecule has 2 heterocycles. The number of halogens is 4. The van der Waals surface area contributed by atoms with Gasteiger partial charge in [0, 0.05) is 49.4 Å². The molecule has 0 fully saturated rings. The smallest absolute Gasteiger partial charge is 0.142 e. The first-order chi connectivity index (χ1) is 24.8. The summed E-state index contributed by atoms with van der Waals surface area (Å²) in [6.07, 6.45) is 0. The Labute approximate surface area is 293 Å². The average Bonchev–Trinajstić information content (AvgIpc) is 3.41. The Hall–Kier alpha value is -5.44. The van der Waals surface area contributed by atoms with E-state index in [1.807, 2.05) is 21.9 Å². The molecular formula is C43H32F4N2O2. The van der Waals surface area contributed by atoms with Crippen molar-refractivity contribution in [2.24, 2.45) is 0 Å². The lowest BCUT2D eigenvalue weighted by atomic mass is 9.67. The van der Waals surface area contributed by atoms with Gasteiger partial charge in [-0.1, -0.05) is 60.7 Å². The van der Waals surface area contributed by atoms with Crippen molar-refractivity contribution < 1.29 is 27.0 Å². The summed E-state index contributed by atoms with van der Waals surface area (Å²) in [5, 5.41) is 0. The molecular weight excluding hydrogens is 652 g/mol. The Morgan fingerprint density at radius 3 is 1.33 bits per heavy atom. The van der Waals surface area contributed by atoms with E-state index in [2.05, 4.69) is 72.8 Å². The van der Waals surface area contributed by atoms with Crippen LogP contribution in [-0.4, -0.2) is 23.3 Å². The Morgan fingerprint density at radius 1 is 0.490 bits per heavy atom. The second kappa shape index (κ2) is 12.4. The van der Waals surface area contributed by atoms with Crippen molar-refractivity contribution in [1.29, 1.82) is 0 Å². The predicted molar refractivity (Wildman–Crippen MR) is 186 cm³/mol. The molecule has 4 nitrogen and oxygen atoms in total. The van der Waals surface area contributed by atoms with Gasteiger partial charge in [-0.15, -0.1) is 0 Å². The van der Waals surface area contributed by atoms with Crippen molar-refractivity contribution in [3.8, 4) is 22.6 Å². The summed E-state index contributed by atoms with van der Waals surface area (Å²) in [4.78, 5) is 4.05. The zero-order valence-corrected chi connectivity index (χ0v) is 27.5. The molecule has 0 atom stereocenters. The van der Waals surface area contributed by atoms with Gasteiger partial charge in [0.1, 0.15) is 48.2 Å². The Balaban J connectivity index is 1.14. The molecule has 3 aliphatic rings. The number of hydrogen-bond donors (Lipinski definition) is 0. The van der Waals surface area contributed by atoms with Gasteiger partial charge in [0.2, 0.25) is 0 Å². The second-order valence-corrected chi connectivity index (χ2v) is 13.6. The molecule has 0 saturated carbocycles. The number of benzene rings is 6. The van der Waals surface area contributed by atoms with Gasteiger partial charge in [-0.3, -0.25) is 9.80 Å². The van der Waals surface area contributed by atoms with Gasteiger partial charge >= 0.3 is 0 Å². The summed E-state index contributed by atoms with van der Waals surface area (Å²) in [5.41, 5.74) is 9.07. The van der Waals surface area contributed by atoms with E-state index in [-0.39, 0.29) is 0 Å². The van der Waals surface area contributed by atoms with Gasteiger partial charge in [0.05, 0.1) is 5.41 Å². The molecule has 8 heteroatoms. The van der Waals surface area contributed by atoms with Gasteiger partial charge in [-0.25, -0.2) is 17.6 Å². The molecule has 0 saturated heterocycles. The maximum Gasteiger partial charge on any atom is 0.142 e. The quantitative estimate of drug-likeness (QED) is 0.163. The van der Waals surface area contributed by atoms with Crippen LogP contribution in [0.2, 0.25) is 0 Å². The summed E-state index contributed by atoms with van der Waals surface area (Å²) in [5.74, 6) is -0.864. The summed E-state index contributed by atoms with van der Waals surface area (Å²) in [7, 11) is 0. The lowest BCUT2D eigenvalue weighted by molar-refractivity contribution is 0.0883. The van der Waals surface area contributed by atoms with Crippen molar-refractivity contribution in [2.75, 3.05) is 13.5 Å². The van der Waals surface area contributed by atoms with E-state index in [9.17, 15) is 17.6 Å². The minimum atomic E-state index is -0.695. The Kier molecular flexibility index (Phi) is 7.67. The minimum Gasteiger partial charge on any atom is -0.478 e. The molecule has 0 unspecified atom stereocenters. The summed E-state index contributed by atoms with van der Waals surface area (Å²) < 4.78 is 68.4. The number of fused-ring (bicyclic) bond motifs is 5. The summed E-state index contributed by atoms with van der Waals surface area (Å²) in [6.45, 7) is 2.33. The molecule has 2 aliphatic heterocycles. The fourth-order valence-electron chi connectivity index (χ4n) is 8.20. The van der Waals surface area contributed by atoms with E-state index in [0.717, 1.165) is 68.1 Å². The van der Waals surface area contributed by atoms with Crippen LogP contribution in [0.4, 0.5) is 17.6 Å². The van der Waals surface area contributed by atoms with Crippen LogP contribution < -0.4 is 9.47 Å². The van der Waals surface area contributed by atoms with Crippen LogP contribution in [-0.2, 0) is 31.6 Å². The molecule has 0 aromatic heterocycles. The maximum atomic E-state index is 14.0. The van der Waals surface area contributed by atoms with E-state index in [0.29, 0.717) is 50.8 Å². The predicted octanol–water partition coefficient (Wildman–Crippen LogP) is 9.31. The number of hydrogen-bond acceptors (Lipinski definition) is 4. The average molecular weight is 685 g/mol.